The first kappa shape index (κ1) is 23.1. The number of esters is 1. The van der Waals surface area contributed by atoms with Crippen molar-refractivity contribution in [1.82, 2.24) is 0 Å². The van der Waals surface area contributed by atoms with E-state index in [0.29, 0.717) is 22.4 Å². The van der Waals surface area contributed by atoms with Crippen molar-refractivity contribution < 1.29 is 22.7 Å². The summed E-state index contributed by atoms with van der Waals surface area (Å²) >= 11 is 0. The largest absolute Gasteiger partial charge is 0.465 e. The van der Waals surface area contributed by atoms with E-state index in [1.54, 1.807) is 74.5 Å². The Kier molecular flexibility index (Phi) is 6.17. The van der Waals surface area contributed by atoms with Crippen molar-refractivity contribution in [3.05, 3.63) is 106 Å². The van der Waals surface area contributed by atoms with E-state index in [-0.39, 0.29) is 27.7 Å². The van der Waals surface area contributed by atoms with Crippen molar-refractivity contribution in [2.24, 2.45) is 4.40 Å². The fraction of sp³-hybridized carbons (Fsp3) is 0.115. The predicted molar refractivity (Wildman–Crippen MR) is 130 cm³/mol. The lowest BCUT2D eigenvalue weighted by molar-refractivity contribution is 0.0601. The zero-order chi connectivity index (χ0) is 24.5. The third kappa shape index (κ3) is 4.40. The van der Waals surface area contributed by atoms with E-state index < -0.39 is 16.0 Å². The standard InChI is InChI=1S/C26H22N2O5S/c1-16-12-13-17(2)24(14-16)34(31,32)28-22-15-23(25(29)19-9-5-4-8-18(19)22)27-21-11-7-6-10-20(21)26(30)33-3/h4-15,27H,1-3H3. The number of anilines is 1. The van der Waals surface area contributed by atoms with Crippen molar-refractivity contribution in [3.63, 3.8) is 0 Å². The molecule has 0 heterocycles. The molecule has 172 valence electrons. The first-order chi connectivity index (χ1) is 16.2. The van der Waals surface area contributed by atoms with Crippen LogP contribution in [0.1, 0.15) is 37.4 Å². The Morgan fingerprint density at radius 3 is 2.35 bits per heavy atom. The molecule has 34 heavy (non-hydrogen) atoms. The molecule has 3 aromatic carbocycles. The van der Waals surface area contributed by atoms with Crippen LogP contribution in [-0.2, 0) is 14.8 Å². The van der Waals surface area contributed by atoms with Crippen LogP contribution in [0, 0.1) is 13.8 Å². The van der Waals surface area contributed by atoms with Crippen LogP contribution in [0.3, 0.4) is 0 Å². The molecule has 0 radical (unpaired) electrons. The maximum absolute atomic E-state index is 13.2. The number of carbonyl (C=O) groups is 2. The van der Waals surface area contributed by atoms with E-state index in [9.17, 15) is 18.0 Å². The number of fused-ring (bicyclic) bond motifs is 1. The summed E-state index contributed by atoms with van der Waals surface area (Å²) in [6, 6.07) is 18.4. The second-order valence-electron chi connectivity index (χ2n) is 7.82. The number of aryl methyl sites for hydroxylation is 2. The number of hydrogen-bond donors (Lipinski definition) is 1. The molecule has 8 heteroatoms. The maximum Gasteiger partial charge on any atom is 0.339 e. The van der Waals surface area contributed by atoms with E-state index in [1.165, 1.54) is 13.2 Å². The number of Topliss-reactive ketones (excluding diaryl/α,β-unsaturated/α-hetero) is 1. The molecule has 0 aliphatic heterocycles. The number of rotatable bonds is 5. The molecule has 1 aliphatic carbocycles. The van der Waals surface area contributed by atoms with Crippen LogP contribution in [0.5, 0.6) is 0 Å². The van der Waals surface area contributed by atoms with Gasteiger partial charge in [0.25, 0.3) is 10.0 Å². The van der Waals surface area contributed by atoms with Gasteiger partial charge in [-0.05, 0) is 49.2 Å². The third-order valence-electron chi connectivity index (χ3n) is 5.42. The van der Waals surface area contributed by atoms with Crippen LogP contribution in [0.4, 0.5) is 5.69 Å². The molecular weight excluding hydrogens is 452 g/mol. The highest BCUT2D eigenvalue weighted by atomic mass is 32.2. The Bertz CT molecular complexity index is 1490. The van der Waals surface area contributed by atoms with Gasteiger partial charge in [-0.3, -0.25) is 4.79 Å². The molecule has 0 unspecified atom stereocenters. The summed E-state index contributed by atoms with van der Waals surface area (Å²) in [4.78, 5) is 25.5. The molecule has 7 nitrogen and oxygen atoms in total. The minimum absolute atomic E-state index is 0.0879. The van der Waals surface area contributed by atoms with Crippen molar-refractivity contribution in [2.45, 2.75) is 18.7 Å². The van der Waals surface area contributed by atoms with E-state index in [0.717, 1.165) is 5.56 Å². The van der Waals surface area contributed by atoms with Gasteiger partial charge >= 0.3 is 5.97 Å². The number of ether oxygens (including phenoxy) is 1. The van der Waals surface area contributed by atoms with Crippen molar-refractivity contribution in [1.29, 1.82) is 0 Å². The van der Waals surface area contributed by atoms with Gasteiger partial charge < -0.3 is 10.1 Å². The molecule has 0 amide bonds. The highest BCUT2D eigenvalue weighted by molar-refractivity contribution is 7.90. The summed E-state index contributed by atoms with van der Waals surface area (Å²) < 4.78 is 35.4. The number of benzene rings is 3. The summed E-state index contributed by atoms with van der Waals surface area (Å²) in [7, 11) is -2.80. The number of methoxy groups -OCH3 is 1. The summed E-state index contributed by atoms with van der Waals surface area (Å²) in [5.74, 6) is -0.919. The lowest BCUT2D eigenvalue weighted by Gasteiger charge is -2.20. The zero-order valence-electron chi connectivity index (χ0n) is 18.8. The molecule has 1 N–H and O–H groups in total. The quantitative estimate of drug-likeness (QED) is 0.548. The van der Waals surface area contributed by atoms with Gasteiger partial charge in [0.1, 0.15) is 0 Å². The number of para-hydroxylation sites is 1. The van der Waals surface area contributed by atoms with Gasteiger partial charge in [-0.1, -0.05) is 48.5 Å². The van der Waals surface area contributed by atoms with Gasteiger partial charge in [0.15, 0.2) is 0 Å². The van der Waals surface area contributed by atoms with Gasteiger partial charge in [0.2, 0.25) is 5.78 Å². The molecule has 0 bridgehead atoms. The minimum atomic E-state index is -4.06. The van der Waals surface area contributed by atoms with Gasteiger partial charge in [-0.2, -0.15) is 12.8 Å². The Labute approximate surface area is 197 Å². The zero-order valence-corrected chi connectivity index (χ0v) is 19.6. The topological polar surface area (TPSA) is 102 Å². The van der Waals surface area contributed by atoms with Crippen molar-refractivity contribution in [2.75, 3.05) is 12.4 Å². The number of carbonyl (C=O) groups excluding carboxylic acids is 2. The molecule has 4 rings (SSSR count). The first-order valence-corrected chi connectivity index (χ1v) is 11.9. The van der Waals surface area contributed by atoms with E-state index in [1.807, 2.05) is 6.07 Å². The third-order valence-corrected chi connectivity index (χ3v) is 6.85. The highest BCUT2D eigenvalue weighted by Gasteiger charge is 2.27. The maximum atomic E-state index is 13.2. The molecule has 0 spiro atoms. The number of nitrogens with zero attached hydrogens (tertiary/aromatic N) is 1. The average molecular weight is 475 g/mol. The summed E-state index contributed by atoms with van der Waals surface area (Å²) in [5.41, 5.74) is 2.87. The van der Waals surface area contributed by atoms with Crippen LogP contribution in [0.15, 0.2) is 87.8 Å². The summed E-state index contributed by atoms with van der Waals surface area (Å²) in [6.45, 7) is 3.51. The van der Waals surface area contributed by atoms with Crippen LogP contribution in [-0.4, -0.2) is 33.0 Å². The van der Waals surface area contributed by atoms with Crippen molar-refractivity contribution >= 4 is 33.2 Å². The number of allylic oxidation sites excluding steroid dienone is 2. The number of sulfonamides is 1. The van der Waals surface area contributed by atoms with E-state index in [4.69, 9.17) is 4.74 Å². The average Bonchev–Trinajstić information content (AvgIpc) is 2.83. The van der Waals surface area contributed by atoms with E-state index >= 15 is 0 Å². The summed E-state index contributed by atoms with van der Waals surface area (Å²) in [5, 5.41) is 2.97. The molecular formula is C26H22N2O5S. The second kappa shape index (κ2) is 9.07. The number of nitrogens with one attached hydrogen (secondary N) is 1. The Hall–Kier alpha value is -4.04. The predicted octanol–water partition coefficient (Wildman–Crippen LogP) is 4.46. The normalized spacial score (nSPS) is 14.4. The lowest BCUT2D eigenvalue weighted by Crippen LogP contribution is -2.23. The molecule has 1 aliphatic rings. The second-order valence-corrected chi connectivity index (χ2v) is 9.39. The first-order valence-electron chi connectivity index (χ1n) is 10.4. The minimum Gasteiger partial charge on any atom is -0.465 e. The Balaban J connectivity index is 1.85. The van der Waals surface area contributed by atoms with E-state index in [2.05, 4.69) is 9.71 Å². The number of hydrogen-bond acceptors (Lipinski definition) is 6. The SMILES string of the molecule is COC(=O)c1ccccc1NC1=CC(=NS(=O)(=O)c2cc(C)ccc2C)c2ccccc2C1=O. The fourth-order valence-corrected chi connectivity index (χ4v) is 5.01. The summed E-state index contributed by atoms with van der Waals surface area (Å²) in [6.07, 6.45) is 1.39. The smallest absolute Gasteiger partial charge is 0.339 e. The van der Waals surface area contributed by atoms with Crippen LogP contribution in [0.25, 0.3) is 0 Å². The van der Waals surface area contributed by atoms with Gasteiger partial charge in [0.05, 0.1) is 34.7 Å². The number of ketones is 1. The lowest BCUT2D eigenvalue weighted by atomic mass is 9.92. The molecule has 3 aromatic rings. The molecule has 0 fully saturated rings. The highest BCUT2D eigenvalue weighted by Crippen LogP contribution is 2.27. The van der Waals surface area contributed by atoms with Gasteiger partial charge in [0, 0.05) is 11.1 Å². The Morgan fingerprint density at radius 1 is 0.941 bits per heavy atom. The molecule has 0 atom stereocenters. The van der Waals surface area contributed by atoms with Crippen LogP contribution in [0.2, 0.25) is 0 Å². The van der Waals surface area contributed by atoms with Gasteiger partial charge in [-0.15, -0.1) is 0 Å². The van der Waals surface area contributed by atoms with Crippen LogP contribution < -0.4 is 5.32 Å². The molecule has 0 aromatic heterocycles. The van der Waals surface area contributed by atoms with Crippen LogP contribution >= 0.6 is 0 Å². The molecule has 0 saturated carbocycles. The monoisotopic (exact) mass is 474 g/mol. The Morgan fingerprint density at radius 2 is 1.62 bits per heavy atom. The molecule has 0 saturated heterocycles. The van der Waals surface area contributed by atoms with Crippen molar-refractivity contribution in [3.8, 4) is 0 Å². The fourth-order valence-electron chi connectivity index (χ4n) is 3.69. The van der Waals surface area contributed by atoms with Gasteiger partial charge in [-0.25, -0.2) is 4.79 Å².